The average molecular weight is 397 g/mol. The molecule has 1 atom stereocenters. The van der Waals surface area contributed by atoms with Crippen molar-refractivity contribution in [2.24, 2.45) is 0 Å². The lowest BCUT2D eigenvalue weighted by Gasteiger charge is -2.14. The summed E-state index contributed by atoms with van der Waals surface area (Å²) in [5, 5.41) is 4.15. The van der Waals surface area contributed by atoms with Crippen molar-refractivity contribution in [1.82, 2.24) is 9.78 Å². The van der Waals surface area contributed by atoms with Crippen molar-refractivity contribution < 1.29 is 13.9 Å². The molecule has 5 nitrogen and oxygen atoms in total. The fraction of sp³-hybridized carbons (Fsp3) is 0.238. The van der Waals surface area contributed by atoms with Gasteiger partial charge in [-0.05, 0) is 48.2 Å². The van der Waals surface area contributed by atoms with Crippen molar-refractivity contribution in [1.29, 1.82) is 0 Å². The van der Waals surface area contributed by atoms with Gasteiger partial charge in [0.05, 0.1) is 12.2 Å². The van der Waals surface area contributed by atoms with E-state index in [0.717, 1.165) is 10.5 Å². The van der Waals surface area contributed by atoms with Crippen molar-refractivity contribution in [3.8, 4) is 11.1 Å². The molecular weight excluding hydrogens is 377 g/mol. The zero-order chi connectivity index (χ0) is 19.5. The smallest absolute Gasteiger partial charge is 0.414 e. The molecule has 7 heteroatoms. The van der Waals surface area contributed by atoms with E-state index in [-0.39, 0.29) is 11.9 Å². The van der Waals surface area contributed by atoms with Gasteiger partial charge in [0.1, 0.15) is 11.9 Å². The molecule has 0 N–H and O–H groups in total. The molecule has 1 saturated heterocycles. The Morgan fingerprint density at radius 1 is 1.25 bits per heavy atom. The number of thioether (sulfide) groups is 1. The number of nitrogens with zero attached hydrogens (tertiary/aromatic N) is 3. The molecule has 1 aliphatic heterocycles. The van der Waals surface area contributed by atoms with E-state index in [0.29, 0.717) is 30.8 Å². The molecule has 1 aromatic heterocycles. The highest BCUT2D eigenvalue weighted by Gasteiger charge is 2.32. The SMILES string of the molecule is CSc1ccc(-c2ccc(N3C[C@H](CCn4cccn4)OC3=O)cc2F)cc1. The summed E-state index contributed by atoms with van der Waals surface area (Å²) in [6, 6.07) is 14.5. The van der Waals surface area contributed by atoms with Gasteiger partial charge in [0.15, 0.2) is 0 Å². The van der Waals surface area contributed by atoms with Crippen LogP contribution in [0.3, 0.4) is 0 Å². The van der Waals surface area contributed by atoms with Crippen LogP contribution in [0.15, 0.2) is 65.8 Å². The van der Waals surface area contributed by atoms with E-state index in [4.69, 9.17) is 4.74 Å². The van der Waals surface area contributed by atoms with Gasteiger partial charge in [-0.1, -0.05) is 12.1 Å². The summed E-state index contributed by atoms with van der Waals surface area (Å²) >= 11 is 1.64. The van der Waals surface area contributed by atoms with Gasteiger partial charge in [0.2, 0.25) is 0 Å². The molecule has 3 aromatic rings. The highest BCUT2D eigenvalue weighted by atomic mass is 32.2. The number of benzene rings is 2. The predicted molar refractivity (Wildman–Crippen MR) is 108 cm³/mol. The number of ether oxygens (including phenoxy) is 1. The van der Waals surface area contributed by atoms with E-state index < -0.39 is 6.09 Å². The minimum atomic E-state index is -0.443. The molecule has 0 aliphatic carbocycles. The number of hydrogen-bond acceptors (Lipinski definition) is 4. The number of aryl methyl sites for hydroxylation is 1. The molecule has 0 bridgehead atoms. The van der Waals surface area contributed by atoms with Crippen molar-refractivity contribution >= 4 is 23.5 Å². The second-order valence-corrected chi connectivity index (χ2v) is 7.45. The van der Waals surface area contributed by atoms with Gasteiger partial charge in [0.25, 0.3) is 0 Å². The van der Waals surface area contributed by atoms with Gasteiger partial charge in [0, 0.05) is 35.8 Å². The third kappa shape index (κ3) is 3.89. The molecule has 4 rings (SSSR count). The molecule has 144 valence electrons. The first kappa shape index (κ1) is 18.6. The van der Waals surface area contributed by atoms with Crippen molar-refractivity contribution in [3.05, 3.63) is 66.7 Å². The number of amides is 1. The van der Waals surface area contributed by atoms with E-state index in [2.05, 4.69) is 5.10 Å². The molecule has 0 radical (unpaired) electrons. The van der Waals surface area contributed by atoms with Crippen LogP contribution in [0.4, 0.5) is 14.9 Å². The van der Waals surface area contributed by atoms with Crippen LogP contribution in [0.1, 0.15) is 6.42 Å². The summed E-state index contributed by atoms with van der Waals surface area (Å²) in [7, 11) is 0. The third-order valence-electron chi connectivity index (χ3n) is 4.78. The van der Waals surface area contributed by atoms with Gasteiger partial charge in [-0.25, -0.2) is 9.18 Å². The first-order valence-corrected chi connectivity index (χ1v) is 10.3. The lowest BCUT2D eigenvalue weighted by molar-refractivity contribution is 0.133. The standard InChI is InChI=1S/C21H20FN3O2S/c1-28-18-6-3-15(4-7-18)19-8-5-16(13-20(19)22)25-14-17(27-21(25)26)9-12-24-11-2-10-23-24/h2-8,10-11,13,17H,9,12,14H2,1H3/t17-/m0/s1. The Morgan fingerprint density at radius 3 is 2.75 bits per heavy atom. The van der Waals surface area contributed by atoms with Gasteiger partial charge in [-0.15, -0.1) is 11.8 Å². The lowest BCUT2D eigenvalue weighted by atomic mass is 10.0. The summed E-state index contributed by atoms with van der Waals surface area (Å²) in [4.78, 5) is 14.8. The van der Waals surface area contributed by atoms with Crippen LogP contribution in [0.25, 0.3) is 11.1 Å². The maximum atomic E-state index is 14.7. The first-order chi connectivity index (χ1) is 13.6. The molecule has 0 unspecified atom stereocenters. The van der Waals surface area contributed by atoms with E-state index in [1.807, 2.05) is 42.8 Å². The quantitative estimate of drug-likeness (QED) is 0.559. The first-order valence-electron chi connectivity index (χ1n) is 9.03. The van der Waals surface area contributed by atoms with Crippen LogP contribution in [0.5, 0.6) is 0 Å². The third-order valence-corrected chi connectivity index (χ3v) is 5.52. The maximum Gasteiger partial charge on any atom is 0.414 e. The number of carbonyl (C=O) groups is 1. The molecule has 2 aromatic carbocycles. The minimum Gasteiger partial charge on any atom is -0.444 e. The van der Waals surface area contributed by atoms with Crippen LogP contribution in [-0.4, -0.2) is 34.8 Å². The van der Waals surface area contributed by atoms with Gasteiger partial charge in [-0.3, -0.25) is 9.58 Å². The number of halogens is 1. The molecule has 2 heterocycles. The number of anilines is 1. The number of rotatable bonds is 6. The van der Waals surface area contributed by atoms with Crippen LogP contribution in [0.2, 0.25) is 0 Å². The second-order valence-electron chi connectivity index (χ2n) is 6.57. The van der Waals surface area contributed by atoms with Crippen molar-refractivity contribution in [2.75, 3.05) is 17.7 Å². The van der Waals surface area contributed by atoms with Gasteiger partial charge in [-0.2, -0.15) is 5.10 Å². The lowest BCUT2D eigenvalue weighted by Crippen LogP contribution is -2.25. The normalized spacial score (nSPS) is 16.4. The Kier molecular flexibility index (Phi) is 5.34. The summed E-state index contributed by atoms with van der Waals surface area (Å²) in [5.74, 6) is -0.359. The summed E-state index contributed by atoms with van der Waals surface area (Å²) in [5.41, 5.74) is 1.83. The van der Waals surface area contributed by atoms with E-state index in [9.17, 15) is 9.18 Å². The van der Waals surface area contributed by atoms with E-state index in [1.165, 1.54) is 11.0 Å². The molecule has 1 fully saturated rings. The number of aromatic nitrogens is 2. The molecule has 1 aliphatic rings. The van der Waals surface area contributed by atoms with Crippen LogP contribution < -0.4 is 4.90 Å². The number of hydrogen-bond donors (Lipinski definition) is 0. The Bertz CT molecular complexity index is 960. The molecule has 1 amide bonds. The largest absolute Gasteiger partial charge is 0.444 e. The molecule has 0 spiro atoms. The van der Waals surface area contributed by atoms with E-state index >= 15 is 0 Å². The number of carbonyl (C=O) groups excluding carboxylic acids is 1. The zero-order valence-corrected chi connectivity index (χ0v) is 16.2. The Morgan fingerprint density at radius 2 is 2.07 bits per heavy atom. The summed E-state index contributed by atoms with van der Waals surface area (Å²) in [6.45, 7) is 1.07. The Balaban J connectivity index is 1.46. The summed E-state index contributed by atoms with van der Waals surface area (Å²) < 4.78 is 22.0. The maximum absolute atomic E-state index is 14.7. The fourth-order valence-corrected chi connectivity index (χ4v) is 3.68. The monoisotopic (exact) mass is 397 g/mol. The van der Waals surface area contributed by atoms with E-state index in [1.54, 1.807) is 34.8 Å². The second kappa shape index (κ2) is 8.06. The average Bonchev–Trinajstić information content (AvgIpc) is 3.36. The zero-order valence-electron chi connectivity index (χ0n) is 15.4. The molecular formula is C21H20FN3O2S. The van der Waals surface area contributed by atoms with Crippen molar-refractivity contribution in [2.45, 2.75) is 24.0 Å². The molecule has 0 saturated carbocycles. The number of cyclic esters (lactones) is 1. The topological polar surface area (TPSA) is 47.4 Å². The Hall–Kier alpha value is -2.80. The van der Waals surface area contributed by atoms with Crippen molar-refractivity contribution in [3.63, 3.8) is 0 Å². The van der Waals surface area contributed by atoms with Gasteiger partial charge >= 0.3 is 6.09 Å². The van der Waals surface area contributed by atoms with Crippen LogP contribution >= 0.6 is 11.8 Å². The van der Waals surface area contributed by atoms with Crippen LogP contribution in [-0.2, 0) is 11.3 Å². The predicted octanol–water partition coefficient (Wildman–Crippen LogP) is 4.83. The summed E-state index contributed by atoms with van der Waals surface area (Å²) in [6.07, 6.45) is 5.56. The highest BCUT2D eigenvalue weighted by Crippen LogP contribution is 2.30. The van der Waals surface area contributed by atoms with Crippen LogP contribution in [0, 0.1) is 5.82 Å². The highest BCUT2D eigenvalue weighted by molar-refractivity contribution is 7.98. The Labute approximate surface area is 167 Å². The van der Waals surface area contributed by atoms with Gasteiger partial charge < -0.3 is 4.74 Å². The molecule has 28 heavy (non-hydrogen) atoms. The minimum absolute atomic E-state index is 0.237. The fourth-order valence-electron chi connectivity index (χ4n) is 3.27.